The molecule has 1 aliphatic heterocycles. The highest BCUT2D eigenvalue weighted by Gasteiger charge is 2.68. The zero-order valence-electron chi connectivity index (χ0n) is 25.1. The van der Waals surface area contributed by atoms with Gasteiger partial charge in [-0.3, -0.25) is 4.79 Å². The van der Waals surface area contributed by atoms with E-state index in [1.807, 2.05) is 57.2 Å². The van der Waals surface area contributed by atoms with Gasteiger partial charge in [-0.1, -0.05) is 54.0 Å². The fourth-order valence-corrected chi connectivity index (χ4v) is 7.37. The molecule has 5 atom stereocenters. The molecule has 0 radical (unpaired) electrons. The lowest BCUT2D eigenvalue weighted by molar-refractivity contribution is -0.199. The lowest BCUT2D eigenvalue weighted by Gasteiger charge is -2.64. The van der Waals surface area contributed by atoms with Crippen molar-refractivity contribution in [2.75, 3.05) is 7.11 Å². The van der Waals surface area contributed by atoms with Crippen molar-refractivity contribution in [1.29, 1.82) is 0 Å². The second-order valence-corrected chi connectivity index (χ2v) is 14.0. The first kappa shape index (κ1) is 30.1. The highest BCUT2D eigenvalue weighted by atomic mass is 79.9. The van der Waals surface area contributed by atoms with E-state index in [0.717, 1.165) is 24.0 Å². The van der Waals surface area contributed by atoms with Crippen LogP contribution in [0.4, 0.5) is 0 Å². The van der Waals surface area contributed by atoms with E-state index in [-0.39, 0.29) is 17.4 Å². The summed E-state index contributed by atoms with van der Waals surface area (Å²) in [5.74, 6) is 0.228. The van der Waals surface area contributed by atoms with Gasteiger partial charge in [0.1, 0.15) is 16.9 Å². The molecule has 4 fully saturated rings. The summed E-state index contributed by atoms with van der Waals surface area (Å²) < 4.78 is 24.8. The molecule has 1 heterocycles. The van der Waals surface area contributed by atoms with E-state index in [2.05, 4.69) is 42.0 Å². The maximum atomic E-state index is 13.5. The largest absolute Gasteiger partial charge is 0.496 e. The molecular weight excluding hydrogens is 585 g/mol. The average Bonchev–Trinajstić information content (AvgIpc) is 3.28. The molecule has 4 aliphatic rings. The van der Waals surface area contributed by atoms with Crippen molar-refractivity contribution in [3.63, 3.8) is 0 Å². The van der Waals surface area contributed by atoms with Crippen molar-refractivity contribution < 1.29 is 28.4 Å². The van der Waals surface area contributed by atoms with Crippen LogP contribution in [0.5, 0.6) is 5.75 Å². The molecule has 9 heteroatoms. The standard InChI is InChI=1S/C32H41BBrNO6/c1-30(2,3)39-29(37)23-10-8-9-21(27(23)38-7)15-26(35-28(36)20-13-11-19(18-34)12-14-20)33-40-25-17-22-16-24(31(22,4)5)32(25,6)41-33/h8-14,22,24-26H,15-18H2,1-7H3,(H,35,36). The molecule has 6 rings (SSSR count). The highest BCUT2D eigenvalue weighted by Crippen LogP contribution is 2.65. The number of esters is 1. The maximum absolute atomic E-state index is 13.5. The van der Waals surface area contributed by atoms with Gasteiger partial charge in [0, 0.05) is 10.9 Å². The lowest BCUT2D eigenvalue weighted by Crippen LogP contribution is -2.65. The molecule has 0 spiro atoms. The summed E-state index contributed by atoms with van der Waals surface area (Å²) in [6, 6.07) is 12.9. The second kappa shape index (κ2) is 11.0. The van der Waals surface area contributed by atoms with Gasteiger partial charge in [0.25, 0.3) is 5.91 Å². The predicted octanol–water partition coefficient (Wildman–Crippen LogP) is 6.15. The Hall–Kier alpha value is -2.36. The molecule has 2 aromatic carbocycles. The van der Waals surface area contributed by atoms with Gasteiger partial charge in [-0.05, 0) is 93.5 Å². The van der Waals surface area contributed by atoms with Gasteiger partial charge in [-0.2, -0.15) is 0 Å². The van der Waals surface area contributed by atoms with E-state index in [1.54, 1.807) is 13.2 Å². The first-order valence-corrected chi connectivity index (χ1v) is 15.6. The van der Waals surface area contributed by atoms with Crippen LogP contribution in [0.3, 0.4) is 0 Å². The van der Waals surface area contributed by atoms with Gasteiger partial charge in [0.15, 0.2) is 0 Å². The predicted molar refractivity (Wildman–Crippen MR) is 162 cm³/mol. The van der Waals surface area contributed by atoms with E-state index < -0.39 is 30.2 Å². The van der Waals surface area contributed by atoms with Crippen molar-refractivity contribution in [2.45, 2.75) is 89.4 Å². The number of para-hydroxylation sites is 1. The van der Waals surface area contributed by atoms with Gasteiger partial charge in [0.2, 0.25) is 0 Å². The number of benzene rings is 2. The zero-order chi connectivity index (χ0) is 29.7. The molecule has 1 amide bonds. The second-order valence-electron chi connectivity index (χ2n) is 13.5. The van der Waals surface area contributed by atoms with Gasteiger partial charge in [-0.15, -0.1) is 0 Å². The van der Waals surface area contributed by atoms with Gasteiger partial charge in [-0.25, -0.2) is 4.79 Å². The first-order valence-electron chi connectivity index (χ1n) is 14.4. The number of amides is 1. The van der Waals surface area contributed by atoms with Crippen molar-refractivity contribution in [1.82, 2.24) is 5.32 Å². The topological polar surface area (TPSA) is 83.1 Å². The summed E-state index contributed by atoms with van der Waals surface area (Å²) in [5.41, 5.74) is 1.86. The summed E-state index contributed by atoms with van der Waals surface area (Å²) in [4.78, 5) is 26.6. The van der Waals surface area contributed by atoms with E-state index >= 15 is 0 Å². The third-order valence-electron chi connectivity index (χ3n) is 9.34. The number of halogens is 1. The van der Waals surface area contributed by atoms with E-state index in [1.165, 1.54) is 0 Å². The summed E-state index contributed by atoms with van der Waals surface area (Å²) in [5, 5.41) is 3.92. The monoisotopic (exact) mass is 625 g/mol. The number of hydrogen-bond acceptors (Lipinski definition) is 6. The minimum absolute atomic E-state index is 0.0307. The fraction of sp³-hybridized carbons (Fsp3) is 0.562. The summed E-state index contributed by atoms with van der Waals surface area (Å²) in [7, 11) is 0.889. The van der Waals surface area contributed by atoms with Gasteiger partial charge < -0.3 is 24.1 Å². The first-order chi connectivity index (χ1) is 19.3. The molecule has 7 nitrogen and oxygen atoms in total. The SMILES string of the molecule is COc1c(CC(NC(=O)c2ccc(CBr)cc2)B2OC3CC4CC(C4(C)C)C3(C)O2)cccc1C(=O)OC(C)(C)C. The smallest absolute Gasteiger partial charge is 0.482 e. The molecular formula is C32H41BBrNO6. The highest BCUT2D eigenvalue weighted by molar-refractivity contribution is 9.08. The van der Waals surface area contributed by atoms with Crippen LogP contribution in [-0.2, 0) is 25.8 Å². The Morgan fingerprint density at radius 3 is 2.44 bits per heavy atom. The van der Waals surface area contributed by atoms with E-state index in [9.17, 15) is 9.59 Å². The maximum Gasteiger partial charge on any atom is 0.482 e. The van der Waals surface area contributed by atoms with Crippen molar-refractivity contribution in [2.24, 2.45) is 17.3 Å². The molecule has 2 aromatic rings. The number of methoxy groups -OCH3 is 1. The number of carbonyl (C=O) groups excluding carboxylic acids is 2. The Morgan fingerprint density at radius 2 is 1.83 bits per heavy atom. The third kappa shape index (κ3) is 5.69. The van der Waals surface area contributed by atoms with Crippen LogP contribution in [0.15, 0.2) is 42.5 Å². The van der Waals surface area contributed by atoms with Crippen molar-refractivity contribution >= 4 is 34.9 Å². The Bertz CT molecular complexity index is 1310. The van der Waals surface area contributed by atoms with Crippen LogP contribution in [0, 0.1) is 17.3 Å². The van der Waals surface area contributed by atoms with Gasteiger partial charge in [0.05, 0.1) is 24.8 Å². The Morgan fingerprint density at radius 1 is 1.12 bits per heavy atom. The summed E-state index contributed by atoms with van der Waals surface area (Å²) in [6.45, 7) is 12.3. The molecule has 3 aliphatic carbocycles. The Balaban J connectivity index is 1.45. The molecule has 3 saturated carbocycles. The van der Waals surface area contributed by atoms with Crippen molar-refractivity contribution in [3.05, 3.63) is 64.7 Å². The fourth-order valence-electron chi connectivity index (χ4n) is 7.00. The summed E-state index contributed by atoms with van der Waals surface area (Å²) in [6.07, 6.45) is 2.40. The van der Waals surface area contributed by atoms with Gasteiger partial charge >= 0.3 is 13.1 Å². The minimum atomic E-state index is -0.652. The number of carbonyl (C=O) groups is 2. The zero-order valence-corrected chi connectivity index (χ0v) is 26.7. The van der Waals surface area contributed by atoms with E-state index in [4.69, 9.17) is 18.8 Å². The van der Waals surface area contributed by atoms with Crippen LogP contribution >= 0.6 is 15.9 Å². The van der Waals surface area contributed by atoms with E-state index in [0.29, 0.717) is 40.5 Å². The average molecular weight is 626 g/mol. The Kier molecular flexibility index (Phi) is 8.11. The molecule has 41 heavy (non-hydrogen) atoms. The van der Waals surface area contributed by atoms with Crippen LogP contribution in [0.25, 0.3) is 0 Å². The quantitative estimate of drug-likeness (QED) is 0.215. The van der Waals surface area contributed by atoms with Crippen LogP contribution in [0.2, 0.25) is 0 Å². The minimum Gasteiger partial charge on any atom is -0.496 e. The third-order valence-corrected chi connectivity index (χ3v) is 9.99. The number of ether oxygens (including phenoxy) is 2. The van der Waals surface area contributed by atoms with Crippen LogP contribution in [0.1, 0.15) is 86.2 Å². The number of rotatable bonds is 8. The normalized spacial score (nSPS) is 26.9. The van der Waals surface area contributed by atoms with Crippen molar-refractivity contribution in [3.8, 4) is 5.75 Å². The molecule has 220 valence electrons. The number of hydrogen-bond donors (Lipinski definition) is 1. The molecule has 0 aromatic heterocycles. The molecule has 2 bridgehead atoms. The van der Waals surface area contributed by atoms with Crippen LogP contribution < -0.4 is 10.1 Å². The summed E-state index contributed by atoms with van der Waals surface area (Å²) >= 11 is 3.46. The molecule has 1 N–H and O–H groups in total. The van der Waals surface area contributed by atoms with Crippen LogP contribution in [-0.4, -0.2) is 49.4 Å². The molecule has 5 unspecified atom stereocenters. The number of nitrogens with one attached hydrogen (secondary N) is 1. The lowest BCUT2D eigenvalue weighted by atomic mass is 9.43. The Labute approximate surface area is 252 Å². The molecule has 1 saturated heterocycles. The number of alkyl halides is 1.